The predicted molar refractivity (Wildman–Crippen MR) is 85.9 cm³/mol. The molecular formula is C17H24N2OS. The van der Waals surface area contributed by atoms with E-state index in [1.54, 1.807) is 11.3 Å². The molecule has 0 radical (unpaired) electrons. The lowest BCUT2D eigenvalue weighted by Crippen LogP contribution is -2.27. The molecule has 3 nitrogen and oxygen atoms in total. The van der Waals surface area contributed by atoms with Crippen LogP contribution in [0.1, 0.15) is 86.6 Å². The molecule has 0 spiro atoms. The fourth-order valence-electron chi connectivity index (χ4n) is 3.58. The summed E-state index contributed by atoms with van der Waals surface area (Å²) in [6.07, 6.45) is 12.6. The fourth-order valence-corrected chi connectivity index (χ4v) is 4.80. The van der Waals surface area contributed by atoms with Crippen molar-refractivity contribution < 1.29 is 4.79 Å². The van der Waals surface area contributed by atoms with Crippen molar-refractivity contribution in [2.75, 3.05) is 5.32 Å². The zero-order valence-corrected chi connectivity index (χ0v) is 13.4. The molecule has 114 valence electrons. The maximum Gasteiger partial charge on any atom is 0.229 e. The first-order chi connectivity index (χ1) is 10.3. The number of nitrogens with one attached hydrogen (secondary N) is 1. The number of nitrogens with zero attached hydrogens (tertiary/aromatic N) is 1. The Hall–Kier alpha value is -0.900. The number of carbonyl (C=O) groups is 1. The SMILES string of the molecule is O=C(Nc1nc(C2CC2)c(C2CCCCC2)s1)C1CCC1. The van der Waals surface area contributed by atoms with E-state index in [4.69, 9.17) is 4.98 Å². The van der Waals surface area contributed by atoms with Crippen molar-refractivity contribution in [1.82, 2.24) is 4.98 Å². The summed E-state index contributed by atoms with van der Waals surface area (Å²) < 4.78 is 0. The van der Waals surface area contributed by atoms with E-state index in [-0.39, 0.29) is 11.8 Å². The summed E-state index contributed by atoms with van der Waals surface area (Å²) >= 11 is 1.77. The first-order valence-corrected chi connectivity index (χ1v) is 9.44. The van der Waals surface area contributed by atoms with Gasteiger partial charge >= 0.3 is 0 Å². The average Bonchev–Trinajstić information content (AvgIpc) is 3.19. The van der Waals surface area contributed by atoms with E-state index in [0.717, 1.165) is 18.0 Å². The molecule has 4 rings (SSSR count). The highest BCUT2D eigenvalue weighted by Gasteiger charge is 2.33. The minimum absolute atomic E-state index is 0.201. The van der Waals surface area contributed by atoms with E-state index in [9.17, 15) is 4.79 Å². The van der Waals surface area contributed by atoms with Crippen LogP contribution in [0.2, 0.25) is 0 Å². The highest BCUT2D eigenvalue weighted by Crippen LogP contribution is 2.48. The number of aromatic nitrogens is 1. The Balaban J connectivity index is 1.52. The largest absolute Gasteiger partial charge is 0.302 e. The molecule has 21 heavy (non-hydrogen) atoms. The van der Waals surface area contributed by atoms with Gasteiger partial charge in [0.05, 0.1) is 5.69 Å². The number of amides is 1. The van der Waals surface area contributed by atoms with E-state index < -0.39 is 0 Å². The highest BCUT2D eigenvalue weighted by molar-refractivity contribution is 7.16. The lowest BCUT2D eigenvalue weighted by atomic mass is 9.85. The van der Waals surface area contributed by atoms with Crippen molar-refractivity contribution in [3.05, 3.63) is 10.6 Å². The predicted octanol–water partition coefficient (Wildman–Crippen LogP) is 4.81. The van der Waals surface area contributed by atoms with Crippen LogP contribution in [0.25, 0.3) is 0 Å². The molecule has 1 amide bonds. The number of anilines is 1. The molecule has 1 N–H and O–H groups in total. The quantitative estimate of drug-likeness (QED) is 0.867. The summed E-state index contributed by atoms with van der Waals surface area (Å²) in [6, 6.07) is 0. The van der Waals surface area contributed by atoms with Gasteiger partial charge in [0.1, 0.15) is 0 Å². The van der Waals surface area contributed by atoms with Crippen LogP contribution in [-0.4, -0.2) is 10.9 Å². The van der Waals surface area contributed by atoms with Crippen molar-refractivity contribution >= 4 is 22.4 Å². The second kappa shape index (κ2) is 5.71. The molecule has 0 saturated heterocycles. The van der Waals surface area contributed by atoms with E-state index in [1.807, 2.05) is 0 Å². The van der Waals surface area contributed by atoms with Crippen LogP contribution < -0.4 is 5.32 Å². The van der Waals surface area contributed by atoms with E-state index in [0.29, 0.717) is 11.8 Å². The Morgan fingerprint density at radius 1 is 0.952 bits per heavy atom. The van der Waals surface area contributed by atoms with E-state index in [1.165, 1.54) is 61.9 Å². The monoisotopic (exact) mass is 304 g/mol. The molecule has 1 aromatic rings. The zero-order valence-electron chi connectivity index (χ0n) is 12.6. The van der Waals surface area contributed by atoms with Crippen molar-refractivity contribution in [2.45, 2.75) is 76.0 Å². The Bertz CT molecular complexity index is 525. The van der Waals surface area contributed by atoms with Gasteiger partial charge in [0.2, 0.25) is 5.91 Å². The van der Waals surface area contributed by atoms with Crippen LogP contribution in [-0.2, 0) is 4.79 Å². The number of hydrogen-bond donors (Lipinski definition) is 1. The van der Waals surface area contributed by atoms with Crippen LogP contribution in [0.3, 0.4) is 0 Å². The molecule has 0 aromatic carbocycles. The summed E-state index contributed by atoms with van der Waals surface area (Å²) in [4.78, 5) is 18.4. The van der Waals surface area contributed by atoms with Crippen molar-refractivity contribution in [2.24, 2.45) is 5.92 Å². The first-order valence-electron chi connectivity index (χ1n) is 8.63. The van der Waals surface area contributed by atoms with E-state index in [2.05, 4.69) is 5.32 Å². The van der Waals surface area contributed by atoms with Crippen LogP contribution in [0, 0.1) is 5.92 Å². The summed E-state index contributed by atoms with van der Waals surface area (Å²) in [6.45, 7) is 0. The maximum absolute atomic E-state index is 12.1. The normalized spacial score (nSPS) is 23.8. The van der Waals surface area contributed by atoms with Gasteiger partial charge in [0.15, 0.2) is 5.13 Å². The van der Waals surface area contributed by atoms with Crippen molar-refractivity contribution in [3.8, 4) is 0 Å². The van der Waals surface area contributed by atoms with Crippen LogP contribution in [0.15, 0.2) is 0 Å². The molecule has 0 atom stereocenters. The fraction of sp³-hybridized carbons (Fsp3) is 0.765. The van der Waals surface area contributed by atoms with Gasteiger partial charge in [0, 0.05) is 16.7 Å². The third-order valence-electron chi connectivity index (χ3n) is 5.33. The standard InChI is InChI=1S/C17H24N2OS/c20-16(13-7-4-8-13)19-17-18-14(11-9-10-11)15(21-17)12-5-2-1-3-6-12/h11-13H,1-10H2,(H,18,19,20). The molecule has 0 bridgehead atoms. The second-order valence-electron chi connectivity index (χ2n) is 6.99. The Labute approximate surface area is 130 Å². The minimum atomic E-state index is 0.201. The smallest absolute Gasteiger partial charge is 0.229 e. The minimum Gasteiger partial charge on any atom is -0.302 e. The molecule has 0 unspecified atom stereocenters. The number of thiazole rings is 1. The molecular weight excluding hydrogens is 280 g/mol. The summed E-state index contributed by atoms with van der Waals surface area (Å²) in [5.41, 5.74) is 1.33. The van der Waals surface area contributed by atoms with Crippen LogP contribution >= 0.6 is 11.3 Å². The third-order valence-corrected chi connectivity index (χ3v) is 6.48. The lowest BCUT2D eigenvalue weighted by Gasteiger charge is -2.23. The van der Waals surface area contributed by atoms with Crippen LogP contribution in [0.4, 0.5) is 5.13 Å². The Kier molecular flexibility index (Phi) is 3.74. The number of rotatable bonds is 4. The summed E-state index contributed by atoms with van der Waals surface area (Å²) in [5, 5.41) is 3.96. The van der Waals surface area contributed by atoms with Gasteiger partial charge in [-0.05, 0) is 44.4 Å². The topological polar surface area (TPSA) is 42.0 Å². The maximum atomic E-state index is 12.1. The van der Waals surface area contributed by atoms with Gasteiger partial charge in [0.25, 0.3) is 0 Å². The molecule has 3 saturated carbocycles. The van der Waals surface area contributed by atoms with Crippen molar-refractivity contribution in [3.63, 3.8) is 0 Å². The summed E-state index contributed by atoms with van der Waals surface area (Å²) in [5.74, 6) is 1.85. The number of carbonyl (C=O) groups excluding carboxylic acids is 1. The third kappa shape index (κ3) is 2.87. The molecule has 0 aliphatic heterocycles. The second-order valence-corrected chi connectivity index (χ2v) is 8.03. The van der Waals surface area contributed by atoms with Gasteiger partial charge in [-0.1, -0.05) is 25.7 Å². The average molecular weight is 304 g/mol. The highest BCUT2D eigenvalue weighted by atomic mass is 32.1. The van der Waals surface area contributed by atoms with Crippen molar-refractivity contribution in [1.29, 1.82) is 0 Å². The van der Waals surface area contributed by atoms with Gasteiger partial charge in [-0.25, -0.2) is 4.98 Å². The van der Waals surface area contributed by atoms with E-state index >= 15 is 0 Å². The molecule has 3 aliphatic rings. The first kappa shape index (κ1) is 13.7. The molecule has 3 aliphatic carbocycles. The van der Waals surface area contributed by atoms with Gasteiger partial charge in [-0.15, -0.1) is 11.3 Å². The zero-order chi connectivity index (χ0) is 14.2. The number of hydrogen-bond acceptors (Lipinski definition) is 3. The molecule has 1 heterocycles. The lowest BCUT2D eigenvalue weighted by molar-refractivity contribution is -0.122. The Morgan fingerprint density at radius 3 is 2.33 bits per heavy atom. The molecule has 4 heteroatoms. The van der Waals surface area contributed by atoms with Crippen LogP contribution in [0.5, 0.6) is 0 Å². The molecule has 1 aromatic heterocycles. The van der Waals surface area contributed by atoms with Gasteiger partial charge in [-0.3, -0.25) is 4.79 Å². The van der Waals surface area contributed by atoms with Gasteiger partial charge < -0.3 is 5.32 Å². The molecule has 3 fully saturated rings. The van der Waals surface area contributed by atoms with Gasteiger partial charge in [-0.2, -0.15) is 0 Å². The Morgan fingerprint density at radius 2 is 1.71 bits per heavy atom. The summed E-state index contributed by atoms with van der Waals surface area (Å²) in [7, 11) is 0.